The molecule has 114 valence electrons. The molecule has 1 unspecified atom stereocenters. The van der Waals surface area contributed by atoms with Crippen molar-refractivity contribution in [3.63, 3.8) is 0 Å². The number of carbonyl (C=O) groups excluding carboxylic acids is 1. The van der Waals surface area contributed by atoms with Crippen molar-refractivity contribution in [2.75, 3.05) is 13.1 Å². The number of alkyl halides is 3. The molecule has 0 saturated carbocycles. The van der Waals surface area contributed by atoms with Crippen LogP contribution in [0.25, 0.3) is 0 Å². The first-order chi connectivity index (χ1) is 8.33. The van der Waals surface area contributed by atoms with Crippen molar-refractivity contribution in [2.24, 2.45) is 17.1 Å². The zero-order valence-electron chi connectivity index (χ0n) is 12.3. The molecular weight excluding hydrogens is 257 g/mol. The molecule has 0 bridgehead atoms. The number of halogens is 3. The van der Waals surface area contributed by atoms with Gasteiger partial charge in [0, 0.05) is 19.0 Å². The first-order valence-electron chi connectivity index (χ1n) is 6.43. The number of nitrogens with zero attached hydrogens (tertiary/aromatic N) is 1. The SMILES string of the molecule is CC(C)CN(CC(F)(F)F)C(=O)CC(N)C(C)(C)C. The Bertz CT molecular complexity index is 295. The van der Waals surface area contributed by atoms with E-state index in [0.717, 1.165) is 4.90 Å². The maximum absolute atomic E-state index is 12.5. The standard InChI is InChI=1S/C13H25F3N2O/c1-9(2)7-18(8-13(14,15)16)11(19)6-10(17)12(3,4)5/h9-10H,6-8,17H2,1-5H3. The molecule has 6 heteroatoms. The summed E-state index contributed by atoms with van der Waals surface area (Å²) >= 11 is 0. The number of nitrogens with two attached hydrogens (primary N) is 1. The third kappa shape index (κ3) is 8.08. The minimum atomic E-state index is -4.38. The molecule has 1 amide bonds. The summed E-state index contributed by atoms with van der Waals surface area (Å²) in [5, 5.41) is 0. The van der Waals surface area contributed by atoms with Crippen molar-refractivity contribution in [1.29, 1.82) is 0 Å². The van der Waals surface area contributed by atoms with Gasteiger partial charge in [-0.25, -0.2) is 0 Å². The van der Waals surface area contributed by atoms with Gasteiger partial charge in [-0.05, 0) is 11.3 Å². The summed E-state index contributed by atoms with van der Waals surface area (Å²) in [6.07, 6.45) is -4.44. The number of hydrogen-bond donors (Lipinski definition) is 1. The Morgan fingerprint density at radius 3 is 2.00 bits per heavy atom. The van der Waals surface area contributed by atoms with Crippen molar-refractivity contribution in [1.82, 2.24) is 4.90 Å². The summed E-state index contributed by atoms with van der Waals surface area (Å²) in [4.78, 5) is 12.8. The number of carbonyl (C=O) groups is 1. The number of amides is 1. The van der Waals surface area contributed by atoms with Gasteiger partial charge in [0.1, 0.15) is 6.54 Å². The highest BCUT2D eigenvalue weighted by atomic mass is 19.4. The Morgan fingerprint density at radius 1 is 1.21 bits per heavy atom. The molecule has 0 fully saturated rings. The van der Waals surface area contributed by atoms with Gasteiger partial charge in [-0.15, -0.1) is 0 Å². The van der Waals surface area contributed by atoms with E-state index in [4.69, 9.17) is 5.73 Å². The molecule has 0 aromatic rings. The first kappa shape index (κ1) is 18.2. The molecule has 0 radical (unpaired) electrons. The van der Waals surface area contributed by atoms with E-state index in [1.54, 1.807) is 13.8 Å². The Hall–Kier alpha value is -0.780. The molecule has 3 nitrogen and oxygen atoms in total. The summed E-state index contributed by atoms with van der Waals surface area (Å²) < 4.78 is 37.4. The van der Waals surface area contributed by atoms with E-state index >= 15 is 0 Å². The molecular formula is C13H25F3N2O. The van der Waals surface area contributed by atoms with Gasteiger partial charge in [0.2, 0.25) is 5.91 Å². The van der Waals surface area contributed by atoms with Gasteiger partial charge in [0.05, 0.1) is 0 Å². The summed E-state index contributed by atoms with van der Waals surface area (Å²) in [5.74, 6) is -0.550. The van der Waals surface area contributed by atoms with Crippen LogP contribution in [0.3, 0.4) is 0 Å². The monoisotopic (exact) mass is 282 g/mol. The highest BCUT2D eigenvalue weighted by Gasteiger charge is 2.34. The lowest BCUT2D eigenvalue weighted by Crippen LogP contribution is -2.45. The lowest BCUT2D eigenvalue weighted by molar-refractivity contribution is -0.162. The van der Waals surface area contributed by atoms with Gasteiger partial charge in [0.25, 0.3) is 0 Å². The maximum Gasteiger partial charge on any atom is 0.406 e. The van der Waals surface area contributed by atoms with Crippen LogP contribution in [-0.4, -0.2) is 36.1 Å². The van der Waals surface area contributed by atoms with E-state index in [1.165, 1.54) is 0 Å². The van der Waals surface area contributed by atoms with E-state index in [9.17, 15) is 18.0 Å². The summed E-state index contributed by atoms with van der Waals surface area (Å²) in [7, 11) is 0. The zero-order valence-corrected chi connectivity index (χ0v) is 12.3. The topological polar surface area (TPSA) is 46.3 Å². The van der Waals surface area contributed by atoms with Crippen LogP contribution in [0.1, 0.15) is 41.0 Å². The second-order valence-electron chi connectivity index (χ2n) is 6.46. The average molecular weight is 282 g/mol. The smallest absolute Gasteiger partial charge is 0.333 e. The summed E-state index contributed by atoms with van der Waals surface area (Å²) in [6, 6.07) is -0.456. The third-order valence-corrected chi connectivity index (χ3v) is 2.82. The lowest BCUT2D eigenvalue weighted by atomic mass is 9.85. The van der Waals surface area contributed by atoms with Gasteiger partial charge in [0.15, 0.2) is 0 Å². The molecule has 0 spiro atoms. The quantitative estimate of drug-likeness (QED) is 0.843. The summed E-state index contributed by atoms with van der Waals surface area (Å²) in [5.41, 5.74) is 5.55. The van der Waals surface area contributed by atoms with E-state index in [1.807, 2.05) is 20.8 Å². The number of hydrogen-bond acceptors (Lipinski definition) is 2. The van der Waals surface area contributed by atoms with Crippen molar-refractivity contribution in [3.8, 4) is 0 Å². The van der Waals surface area contributed by atoms with Crippen molar-refractivity contribution in [2.45, 2.75) is 53.3 Å². The molecule has 0 aromatic heterocycles. The lowest BCUT2D eigenvalue weighted by Gasteiger charge is -2.31. The molecule has 0 aliphatic heterocycles. The molecule has 0 saturated heterocycles. The molecule has 0 rings (SSSR count). The fourth-order valence-corrected chi connectivity index (χ4v) is 1.54. The largest absolute Gasteiger partial charge is 0.406 e. The minimum absolute atomic E-state index is 0.0165. The Morgan fingerprint density at radius 2 is 1.68 bits per heavy atom. The van der Waals surface area contributed by atoms with E-state index < -0.39 is 24.7 Å². The molecule has 0 aromatic carbocycles. The molecule has 2 N–H and O–H groups in total. The molecule has 0 aliphatic rings. The van der Waals surface area contributed by atoms with Crippen LogP contribution in [0, 0.1) is 11.3 Å². The fourth-order valence-electron chi connectivity index (χ4n) is 1.54. The van der Waals surface area contributed by atoms with E-state index in [-0.39, 0.29) is 24.3 Å². The summed E-state index contributed by atoms with van der Waals surface area (Å²) in [6.45, 7) is 8.03. The molecule has 19 heavy (non-hydrogen) atoms. The fraction of sp³-hybridized carbons (Fsp3) is 0.923. The van der Waals surface area contributed by atoms with Gasteiger partial charge in [-0.3, -0.25) is 4.79 Å². The number of rotatable bonds is 5. The van der Waals surface area contributed by atoms with Crippen LogP contribution >= 0.6 is 0 Å². The van der Waals surface area contributed by atoms with E-state index in [2.05, 4.69) is 0 Å². The van der Waals surface area contributed by atoms with Gasteiger partial charge >= 0.3 is 6.18 Å². The predicted octanol–water partition coefficient (Wildman–Crippen LogP) is 2.80. The Balaban J connectivity index is 4.72. The van der Waals surface area contributed by atoms with Crippen LogP contribution in [0.4, 0.5) is 13.2 Å². The Kier molecular flexibility index (Phi) is 6.32. The predicted molar refractivity (Wildman–Crippen MR) is 69.5 cm³/mol. The molecule has 0 heterocycles. The van der Waals surface area contributed by atoms with Crippen LogP contribution in [0.2, 0.25) is 0 Å². The van der Waals surface area contributed by atoms with Gasteiger partial charge in [-0.2, -0.15) is 13.2 Å². The average Bonchev–Trinajstić information content (AvgIpc) is 2.11. The zero-order chi connectivity index (χ0) is 15.4. The van der Waals surface area contributed by atoms with Crippen LogP contribution < -0.4 is 5.73 Å². The second kappa shape index (κ2) is 6.59. The van der Waals surface area contributed by atoms with Crippen molar-refractivity contribution in [3.05, 3.63) is 0 Å². The second-order valence-corrected chi connectivity index (χ2v) is 6.46. The van der Waals surface area contributed by atoms with Crippen LogP contribution in [-0.2, 0) is 4.79 Å². The highest BCUT2D eigenvalue weighted by Crippen LogP contribution is 2.22. The van der Waals surface area contributed by atoms with Gasteiger partial charge in [-0.1, -0.05) is 34.6 Å². The molecule has 0 aliphatic carbocycles. The van der Waals surface area contributed by atoms with Crippen LogP contribution in [0.5, 0.6) is 0 Å². The highest BCUT2D eigenvalue weighted by molar-refractivity contribution is 5.77. The third-order valence-electron chi connectivity index (χ3n) is 2.82. The minimum Gasteiger partial charge on any atom is -0.333 e. The van der Waals surface area contributed by atoms with E-state index in [0.29, 0.717) is 0 Å². The van der Waals surface area contributed by atoms with Gasteiger partial charge < -0.3 is 10.6 Å². The van der Waals surface area contributed by atoms with Crippen molar-refractivity contribution < 1.29 is 18.0 Å². The molecule has 1 atom stereocenters. The normalized spacial score (nSPS) is 14.6. The first-order valence-corrected chi connectivity index (χ1v) is 6.43. The van der Waals surface area contributed by atoms with Crippen LogP contribution in [0.15, 0.2) is 0 Å². The maximum atomic E-state index is 12.5. The van der Waals surface area contributed by atoms with Crippen molar-refractivity contribution >= 4 is 5.91 Å². The Labute approximate surface area is 113 Å².